The topological polar surface area (TPSA) is 66.6 Å². The predicted octanol–water partition coefficient (Wildman–Crippen LogP) is 1.32. The van der Waals surface area contributed by atoms with E-state index in [-0.39, 0.29) is 12.3 Å². The molecule has 0 aliphatic carbocycles. The largest absolute Gasteiger partial charge is 0.481 e. The Kier molecular flexibility index (Phi) is 3.11. The van der Waals surface area contributed by atoms with Crippen LogP contribution in [0.25, 0.3) is 0 Å². The highest BCUT2D eigenvalue weighted by Gasteiger charge is 2.15. The molecule has 5 nitrogen and oxygen atoms in total. The van der Waals surface area contributed by atoms with Crippen molar-refractivity contribution in [3.8, 4) is 0 Å². The molecule has 1 heterocycles. The van der Waals surface area contributed by atoms with Crippen LogP contribution >= 0.6 is 0 Å². The number of anilines is 1. The van der Waals surface area contributed by atoms with Gasteiger partial charge in [0.2, 0.25) is 0 Å². The summed E-state index contributed by atoms with van der Waals surface area (Å²) in [6.45, 7) is 1.81. The van der Waals surface area contributed by atoms with E-state index in [1.165, 1.54) is 6.26 Å². The van der Waals surface area contributed by atoms with Crippen molar-refractivity contribution in [2.24, 2.45) is 0 Å². The van der Waals surface area contributed by atoms with Gasteiger partial charge >= 0.3 is 5.97 Å². The summed E-state index contributed by atoms with van der Waals surface area (Å²) in [6.07, 6.45) is 1.57. The third-order valence-corrected chi connectivity index (χ3v) is 1.88. The predicted molar refractivity (Wildman–Crippen MR) is 51.5 cm³/mol. The zero-order chi connectivity index (χ0) is 10.7. The van der Waals surface area contributed by atoms with E-state index in [1.807, 2.05) is 21.0 Å². The molecule has 78 valence electrons. The van der Waals surface area contributed by atoms with E-state index in [2.05, 4.69) is 4.98 Å². The van der Waals surface area contributed by atoms with Crippen molar-refractivity contribution in [1.82, 2.24) is 4.98 Å². The Hall–Kier alpha value is -1.52. The highest BCUT2D eigenvalue weighted by molar-refractivity contribution is 5.67. The van der Waals surface area contributed by atoms with Gasteiger partial charge in [0.05, 0.1) is 12.1 Å². The van der Waals surface area contributed by atoms with Crippen LogP contribution < -0.4 is 4.90 Å². The van der Waals surface area contributed by atoms with Gasteiger partial charge in [-0.3, -0.25) is 4.79 Å². The molecular formula is C9H14N2O3. The van der Waals surface area contributed by atoms with Crippen molar-refractivity contribution < 1.29 is 14.3 Å². The van der Waals surface area contributed by atoms with Crippen LogP contribution in [0.4, 0.5) is 6.01 Å². The lowest BCUT2D eigenvalue weighted by atomic mass is 10.1. The quantitative estimate of drug-likeness (QED) is 0.790. The Morgan fingerprint density at radius 1 is 1.71 bits per heavy atom. The summed E-state index contributed by atoms with van der Waals surface area (Å²) in [4.78, 5) is 16.3. The lowest BCUT2D eigenvalue weighted by Gasteiger charge is -2.05. The second-order valence-corrected chi connectivity index (χ2v) is 3.45. The minimum absolute atomic E-state index is 0.0689. The molecule has 1 aromatic rings. The van der Waals surface area contributed by atoms with E-state index >= 15 is 0 Å². The molecule has 0 fully saturated rings. The lowest BCUT2D eigenvalue weighted by Crippen LogP contribution is -2.09. The molecule has 0 saturated carbocycles. The molecule has 0 spiro atoms. The van der Waals surface area contributed by atoms with E-state index < -0.39 is 5.97 Å². The van der Waals surface area contributed by atoms with Gasteiger partial charge in [-0.1, -0.05) is 6.92 Å². The lowest BCUT2D eigenvalue weighted by molar-refractivity contribution is -0.137. The fourth-order valence-electron chi connectivity index (χ4n) is 1.07. The van der Waals surface area contributed by atoms with Gasteiger partial charge in [-0.25, -0.2) is 0 Å². The molecule has 0 saturated heterocycles. The van der Waals surface area contributed by atoms with E-state index in [9.17, 15) is 4.79 Å². The first kappa shape index (κ1) is 10.6. The smallest absolute Gasteiger partial charge is 0.304 e. The standard InChI is InChI=1S/C9H14N2O3/c1-6(4-8(12)13)7-5-14-9(10-7)11(2)3/h5-6H,4H2,1-3H3,(H,12,13). The zero-order valence-corrected chi connectivity index (χ0v) is 8.52. The summed E-state index contributed by atoms with van der Waals surface area (Å²) < 4.78 is 5.15. The fraction of sp³-hybridized carbons (Fsp3) is 0.556. The number of carboxylic acids is 1. The van der Waals surface area contributed by atoms with E-state index in [0.29, 0.717) is 11.7 Å². The first-order chi connectivity index (χ1) is 6.50. The number of aromatic nitrogens is 1. The average Bonchev–Trinajstić information content (AvgIpc) is 2.50. The molecule has 0 aliphatic heterocycles. The monoisotopic (exact) mass is 198 g/mol. The van der Waals surface area contributed by atoms with Crippen LogP contribution in [0, 0.1) is 0 Å². The molecule has 1 N–H and O–H groups in total. The number of hydrogen-bond acceptors (Lipinski definition) is 4. The minimum atomic E-state index is -0.827. The number of nitrogens with zero attached hydrogens (tertiary/aromatic N) is 2. The number of carboxylic acid groups (broad SMARTS) is 1. The first-order valence-corrected chi connectivity index (χ1v) is 4.35. The van der Waals surface area contributed by atoms with Crippen LogP contribution in [-0.2, 0) is 4.79 Å². The summed E-state index contributed by atoms with van der Waals surface area (Å²) in [5.41, 5.74) is 0.677. The minimum Gasteiger partial charge on any atom is -0.481 e. The fourth-order valence-corrected chi connectivity index (χ4v) is 1.07. The van der Waals surface area contributed by atoms with E-state index in [1.54, 1.807) is 4.90 Å². The summed E-state index contributed by atoms with van der Waals surface area (Å²) in [5.74, 6) is -0.947. The molecule has 5 heteroatoms. The molecule has 0 bridgehead atoms. The molecule has 1 rings (SSSR count). The van der Waals surface area contributed by atoms with Crippen LogP contribution in [0.3, 0.4) is 0 Å². The van der Waals surface area contributed by atoms with Gasteiger partial charge in [-0.2, -0.15) is 4.98 Å². The van der Waals surface area contributed by atoms with Gasteiger partial charge in [0.15, 0.2) is 0 Å². The normalized spacial score (nSPS) is 12.5. The molecule has 0 radical (unpaired) electrons. The van der Waals surface area contributed by atoms with Crippen LogP contribution in [0.2, 0.25) is 0 Å². The Bertz CT molecular complexity index is 320. The summed E-state index contributed by atoms with van der Waals surface area (Å²) >= 11 is 0. The van der Waals surface area contributed by atoms with E-state index in [4.69, 9.17) is 9.52 Å². The van der Waals surface area contributed by atoms with Gasteiger partial charge in [0.1, 0.15) is 6.26 Å². The van der Waals surface area contributed by atoms with Gasteiger partial charge < -0.3 is 14.4 Å². The molecule has 1 atom stereocenters. The summed E-state index contributed by atoms with van der Waals surface area (Å²) in [5, 5.41) is 8.59. The first-order valence-electron chi connectivity index (χ1n) is 4.35. The second-order valence-electron chi connectivity index (χ2n) is 3.45. The molecule has 0 aliphatic rings. The Morgan fingerprint density at radius 2 is 2.36 bits per heavy atom. The van der Waals surface area contributed by atoms with Crippen molar-refractivity contribution in [3.05, 3.63) is 12.0 Å². The Labute approximate surface area is 82.4 Å². The van der Waals surface area contributed by atoms with Gasteiger partial charge in [0, 0.05) is 20.0 Å². The van der Waals surface area contributed by atoms with Crippen molar-refractivity contribution in [3.63, 3.8) is 0 Å². The summed E-state index contributed by atoms with van der Waals surface area (Å²) in [6, 6.07) is 0.497. The third-order valence-electron chi connectivity index (χ3n) is 1.88. The van der Waals surface area contributed by atoms with Crippen molar-refractivity contribution in [1.29, 1.82) is 0 Å². The molecule has 0 aromatic carbocycles. The molecular weight excluding hydrogens is 184 g/mol. The van der Waals surface area contributed by atoms with Crippen LogP contribution in [-0.4, -0.2) is 30.2 Å². The third kappa shape index (κ3) is 2.48. The summed E-state index contributed by atoms with van der Waals surface area (Å²) in [7, 11) is 3.63. The Balaban J connectivity index is 2.71. The highest BCUT2D eigenvalue weighted by Crippen LogP contribution is 2.20. The van der Waals surface area contributed by atoms with Gasteiger partial charge in [0.25, 0.3) is 6.01 Å². The molecule has 1 unspecified atom stereocenters. The zero-order valence-electron chi connectivity index (χ0n) is 8.52. The average molecular weight is 198 g/mol. The number of hydrogen-bond donors (Lipinski definition) is 1. The van der Waals surface area contributed by atoms with Crippen LogP contribution in [0.5, 0.6) is 0 Å². The number of rotatable bonds is 4. The van der Waals surface area contributed by atoms with Crippen molar-refractivity contribution in [2.45, 2.75) is 19.3 Å². The van der Waals surface area contributed by atoms with Crippen molar-refractivity contribution >= 4 is 12.0 Å². The van der Waals surface area contributed by atoms with E-state index in [0.717, 1.165) is 0 Å². The van der Waals surface area contributed by atoms with Crippen molar-refractivity contribution in [2.75, 3.05) is 19.0 Å². The second kappa shape index (κ2) is 4.13. The SMILES string of the molecule is CC(CC(=O)O)c1coc(N(C)C)n1. The highest BCUT2D eigenvalue weighted by atomic mass is 16.4. The van der Waals surface area contributed by atoms with Gasteiger partial charge in [-0.15, -0.1) is 0 Å². The van der Waals surface area contributed by atoms with Crippen LogP contribution in [0.15, 0.2) is 10.7 Å². The Morgan fingerprint density at radius 3 is 2.79 bits per heavy atom. The molecule has 1 aromatic heterocycles. The molecule has 0 amide bonds. The van der Waals surface area contributed by atoms with Crippen LogP contribution in [0.1, 0.15) is 25.0 Å². The maximum atomic E-state index is 10.5. The number of carbonyl (C=O) groups is 1. The maximum absolute atomic E-state index is 10.5. The van der Waals surface area contributed by atoms with Gasteiger partial charge in [-0.05, 0) is 0 Å². The number of oxazole rings is 1. The number of aliphatic carboxylic acids is 1. The molecule has 14 heavy (non-hydrogen) atoms. The maximum Gasteiger partial charge on any atom is 0.304 e.